The maximum absolute atomic E-state index is 5.79. The van der Waals surface area contributed by atoms with Gasteiger partial charge in [-0.2, -0.15) is 0 Å². The Hall–Kier alpha value is -0.120. The fourth-order valence-corrected chi connectivity index (χ4v) is 4.26. The third-order valence-electron chi connectivity index (χ3n) is 5.56. The van der Waals surface area contributed by atoms with Crippen molar-refractivity contribution in [2.75, 3.05) is 40.4 Å². The average Bonchev–Trinajstić information content (AvgIpc) is 2.48. The van der Waals surface area contributed by atoms with E-state index in [0.29, 0.717) is 5.41 Å². The second-order valence-electron chi connectivity index (χ2n) is 7.18. The van der Waals surface area contributed by atoms with Gasteiger partial charge >= 0.3 is 0 Å². The quantitative estimate of drug-likeness (QED) is 0.811. The molecule has 3 heteroatoms. The molecule has 1 aliphatic carbocycles. The smallest absolute Gasteiger partial charge is 0.0546 e. The summed E-state index contributed by atoms with van der Waals surface area (Å²) in [6.45, 7) is 6.51. The molecule has 0 spiro atoms. The summed E-state index contributed by atoms with van der Waals surface area (Å²) in [5, 5.41) is 3.40. The van der Waals surface area contributed by atoms with Crippen molar-refractivity contribution in [1.82, 2.24) is 10.2 Å². The summed E-state index contributed by atoms with van der Waals surface area (Å²) in [6.07, 6.45) is 9.55. The Morgan fingerprint density at radius 1 is 1.25 bits per heavy atom. The highest BCUT2D eigenvalue weighted by Gasteiger charge is 2.35. The summed E-state index contributed by atoms with van der Waals surface area (Å²) in [5.41, 5.74) is 0.337. The highest BCUT2D eigenvalue weighted by Crippen LogP contribution is 2.33. The zero-order valence-electron chi connectivity index (χ0n) is 13.8. The molecule has 0 aromatic rings. The van der Waals surface area contributed by atoms with Crippen LogP contribution in [-0.2, 0) is 4.74 Å². The van der Waals surface area contributed by atoms with E-state index in [9.17, 15) is 0 Å². The molecule has 0 amide bonds. The highest BCUT2D eigenvalue weighted by molar-refractivity contribution is 4.89. The Labute approximate surface area is 125 Å². The number of hydrogen-bond acceptors (Lipinski definition) is 3. The van der Waals surface area contributed by atoms with Crippen LogP contribution in [0, 0.1) is 11.3 Å². The second-order valence-corrected chi connectivity index (χ2v) is 7.18. The molecule has 0 aromatic heterocycles. The first-order valence-corrected chi connectivity index (χ1v) is 8.62. The van der Waals surface area contributed by atoms with Gasteiger partial charge in [-0.05, 0) is 58.5 Å². The number of ether oxygens (including phenoxy) is 1. The van der Waals surface area contributed by atoms with Gasteiger partial charge in [-0.3, -0.25) is 0 Å². The average molecular weight is 282 g/mol. The van der Waals surface area contributed by atoms with Gasteiger partial charge in [-0.1, -0.05) is 13.3 Å². The summed E-state index contributed by atoms with van der Waals surface area (Å²) in [5.74, 6) is 0.990. The summed E-state index contributed by atoms with van der Waals surface area (Å²) in [4.78, 5) is 2.64. The van der Waals surface area contributed by atoms with Crippen LogP contribution in [0.5, 0.6) is 0 Å². The first-order valence-electron chi connectivity index (χ1n) is 8.62. The molecule has 1 N–H and O–H groups in total. The SMILES string of the molecule is CCC1CCC(N(C)CC2(CNC)CCCOC2)CC1. The molecule has 20 heavy (non-hydrogen) atoms. The number of hydrogen-bond donors (Lipinski definition) is 1. The van der Waals surface area contributed by atoms with Crippen LogP contribution in [0.1, 0.15) is 51.9 Å². The molecule has 0 bridgehead atoms. The van der Waals surface area contributed by atoms with Crippen LogP contribution < -0.4 is 5.32 Å². The lowest BCUT2D eigenvalue weighted by Crippen LogP contribution is -2.50. The van der Waals surface area contributed by atoms with Crippen LogP contribution in [0.2, 0.25) is 0 Å². The minimum atomic E-state index is 0.337. The van der Waals surface area contributed by atoms with Gasteiger partial charge in [0.15, 0.2) is 0 Å². The molecule has 2 rings (SSSR count). The van der Waals surface area contributed by atoms with Crippen molar-refractivity contribution in [2.24, 2.45) is 11.3 Å². The molecule has 1 aliphatic heterocycles. The molecule has 2 aliphatic rings. The van der Waals surface area contributed by atoms with Crippen molar-refractivity contribution in [2.45, 2.75) is 57.9 Å². The lowest BCUT2D eigenvalue weighted by Gasteiger charge is -2.43. The minimum absolute atomic E-state index is 0.337. The fraction of sp³-hybridized carbons (Fsp3) is 1.00. The van der Waals surface area contributed by atoms with Crippen LogP contribution >= 0.6 is 0 Å². The normalized spacial score (nSPS) is 35.4. The van der Waals surface area contributed by atoms with E-state index in [4.69, 9.17) is 4.74 Å². The Morgan fingerprint density at radius 3 is 2.55 bits per heavy atom. The summed E-state index contributed by atoms with van der Waals surface area (Å²) >= 11 is 0. The summed E-state index contributed by atoms with van der Waals surface area (Å²) in [6, 6.07) is 0.799. The summed E-state index contributed by atoms with van der Waals surface area (Å²) in [7, 11) is 4.41. The maximum Gasteiger partial charge on any atom is 0.0546 e. The van der Waals surface area contributed by atoms with Gasteiger partial charge < -0.3 is 15.0 Å². The Bertz CT molecular complexity index is 263. The van der Waals surface area contributed by atoms with E-state index >= 15 is 0 Å². The fourth-order valence-electron chi connectivity index (χ4n) is 4.26. The van der Waals surface area contributed by atoms with Crippen LogP contribution in [0.25, 0.3) is 0 Å². The first-order chi connectivity index (χ1) is 9.69. The molecular weight excluding hydrogens is 248 g/mol. The third-order valence-corrected chi connectivity index (χ3v) is 5.56. The molecule has 0 radical (unpaired) electrons. The van der Waals surface area contributed by atoms with E-state index in [2.05, 4.69) is 31.2 Å². The van der Waals surface area contributed by atoms with Crippen LogP contribution in [0.4, 0.5) is 0 Å². The van der Waals surface area contributed by atoms with Crippen molar-refractivity contribution >= 4 is 0 Å². The predicted molar refractivity (Wildman–Crippen MR) is 85.1 cm³/mol. The molecule has 1 saturated heterocycles. The minimum Gasteiger partial charge on any atom is -0.381 e. The van der Waals surface area contributed by atoms with E-state index in [1.807, 2.05) is 0 Å². The monoisotopic (exact) mass is 282 g/mol. The Balaban J connectivity index is 1.86. The van der Waals surface area contributed by atoms with E-state index < -0.39 is 0 Å². The Kier molecular flexibility index (Phi) is 6.31. The topological polar surface area (TPSA) is 24.5 Å². The molecule has 2 fully saturated rings. The second kappa shape index (κ2) is 7.77. The molecule has 118 valence electrons. The van der Waals surface area contributed by atoms with Crippen molar-refractivity contribution in [1.29, 1.82) is 0 Å². The predicted octanol–water partition coefficient (Wildman–Crippen LogP) is 2.90. The van der Waals surface area contributed by atoms with Crippen LogP contribution in [0.3, 0.4) is 0 Å². The molecule has 1 heterocycles. The standard InChI is InChI=1S/C17H34N2O/c1-4-15-6-8-16(9-7-15)19(3)13-17(12-18-2)10-5-11-20-14-17/h15-16,18H,4-14H2,1-3H3. The summed E-state index contributed by atoms with van der Waals surface area (Å²) < 4.78 is 5.79. The lowest BCUT2D eigenvalue weighted by molar-refractivity contribution is -0.0306. The molecule has 1 atom stereocenters. The molecule has 1 saturated carbocycles. The lowest BCUT2D eigenvalue weighted by atomic mass is 9.79. The zero-order chi connectivity index (χ0) is 14.4. The Morgan fingerprint density at radius 2 is 2.00 bits per heavy atom. The molecule has 0 aromatic carbocycles. The largest absolute Gasteiger partial charge is 0.381 e. The van der Waals surface area contributed by atoms with E-state index in [1.165, 1.54) is 51.5 Å². The van der Waals surface area contributed by atoms with E-state index in [0.717, 1.165) is 31.7 Å². The molecule has 1 unspecified atom stereocenters. The van der Waals surface area contributed by atoms with Crippen LogP contribution in [-0.4, -0.2) is 51.3 Å². The van der Waals surface area contributed by atoms with Crippen molar-refractivity contribution in [3.63, 3.8) is 0 Å². The molecular formula is C17H34N2O. The maximum atomic E-state index is 5.79. The van der Waals surface area contributed by atoms with Gasteiger partial charge in [0.05, 0.1) is 6.61 Å². The van der Waals surface area contributed by atoms with Crippen molar-refractivity contribution in [3.05, 3.63) is 0 Å². The number of nitrogens with zero attached hydrogens (tertiary/aromatic N) is 1. The zero-order valence-corrected chi connectivity index (χ0v) is 13.8. The van der Waals surface area contributed by atoms with Gasteiger partial charge in [0, 0.05) is 31.2 Å². The van der Waals surface area contributed by atoms with E-state index in [1.54, 1.807) is 0 Å². The van der Waals surface area contributed by atoms with Gasteiger partial charge in [0.2, 0.25) is 0 Å². The van der Waals surface area contributed by atoms with Gasteiger partial charge in [0.1, 0.15) is 0 Å². The van der Waals surface area contributed by atoms with Gasteiger partial charge in [-0.25, -0.2) is 0 Å². The highest BCUT2D eigenvalue weighted by atomic mass is 16.5. The van der Waals surface area contributed by atoms with Crippen molar-refractivity contribution in [3.8, 4) is 0 Å². The van der Waals surface area contributed by atoms with Gasteiger partial charge in [0.25, 0.3) is 0 Å². The molecule has 3 nitrogen and oxygen atoms in total. The van der Waals surface area contributed by atoms with Gasteiger partial charge in [-0.15, -0.1) is 0 Å². The van der Waals surface area contributed by atoms with E-state index in [-0.39, 0.29) is 0 Å². The van der Waals surface area contributed by atoms with Crippen LogP contribution in [0.15, 0.2) is 0 Å². The number of nitrogens with one attached hydrogen (secondary N) is 1. The third kappa shape index (κ3) is 4.19. The first kappa shape index (κ1) is 16.3. The number of rotatable bonds is 6. The van der Waals surface area contributed by atoms with Crippen molar-refractivity contribution < 1.29 is 4.74 Å².